The van der Waals surface area contributed by atoms with Crippen LogP contribution in [0.3, 0.4) is 0 Å². The second kappa shape index (κ2) is 2.85. The third-order valence-electron chi connectivity index (χ3n) is 4.60. The molecule has 2 aliphatic carbocycles. The summed E-state index contributed by atoms with van der Waals surface area (Å²) >= 11 is 0. The van der Waals surface area contributed by atoms with Crippen LogP contribution in [-0.4, -0.2) is 13.1 Å². The number of nitrogens with one attached hydrogen (secondary N) is 1. The molecule has 1 aromatic carbocycles. The van der Waals surface area contributed by atoms with Gasteiger partial charge in [-0.1, -0.05) is 18.2 Å². The summed E-state index contributed by atoms with van der Waals surface area (Å²) in [6.45, 7) is 2.51. The number of piperidine rings is 1. The fraction of sp³-hybridized carbons (Fsp3) is 0.571. The van der Waals surface area contributed by atoms with E-state index in [-0.39, 0.29) is 0 Å². The smallest absolute Gasteiger partial charge is 0.00111 e. The van der Waals surface area contributed by atoms with Gasteiger partial charge in [-0.25, -0.2) is 0 Å². The van der Waals surface area contributed by atoms with Crippen molar-refractivity contribution in [3.05, 3.63) is 34.9 Å². The minimum absolute atomic E-state index is 0.900. The van der Waals surface area contributed by atoms with Crippen molar-refractivity contribution in [2.75, 3.05) is 13.1 Å². The molecule has 1 heterocycles. The molecule has 2 fully saturated rings. The van der Waals surface area contributed by atoms with Gasteiger partial charge in [0.05, 0.1) is 0 Å². The van der Waals surface area contributed by atoms with Crippen molar-refractivity contribution >= 4 is 0 Å². The number of hydrogen-bond donors (Lipinski definition) is 1. The molecule has 1 heteroatoms. The van der Waals surface area contributed by atoms with Crippen LogP contribution in [0.1, 0.15) is 29.0 Å². The third-order valence-corrected chi connectivity index (χ3v) is 4.60. The van der Waals surface area contributed by atoms with Crippen molar-refractivity contribution in [3.63, 3.8) is 0 Å². The normalized spacial score (nSPS) is 36.4. The predicted molar refractivity (Wildman–Crippen MR) is 61.1 cm³/mol. The molecule has 4 rings (SSSR count). The highest BCUT2D eigenvalue weighted by atomic mass is 15.0. The molecule has 1 saturated heterocycles. The van der Waals surface area contributed by atoms with Gasteiger partial charge in [0, 0.05) is 0 Å². The van der Waals surface area contributed by atoms with Crippen LogP contribution in [0.15, 0.2) is 18.2 Å². The first kappa shape index (κ1) is 8.35. The summed E-state index contributed by atoms with van der Waals surface area (Å²) in [5, 5.41) is 3.47. The molecule has 0 bridgehead atoms. The van der Waals surface area contributed by atoms with Crippen LogP contribution in [0.5, 0.6) is 0 Å². The molecule has 3 atom stereocenters. The van der Waals surface area contributed by atoms with Gasteiger partial charge in [0.15, 0.2) is 0 Å². The Bertz CT molecular complexity index is 400. The van der Waals surface area contributed by atoms with Gasteiger partial charge in [-0.05, 0) is 66.8 Å². The van der Waals surface area contributed by atoms with Crippen LogP contribution in [0, 0.1) is 11.8 Å². The topological polar surface area (TPSA) is 12.0 Å². The predicted octanol–water partition coefficient (Wildman–Crippen LogP) is 2.11. The van der Waals surface area contributed by atoms with Crippen LogP contribution in [-0.2, 0) is 12.8 Å². The lowest BCUT2D eigenvalue weighted by Gasteiger charge is -2.07. The van der Waals surface area contributed by atoms with Crippen molar-refractivity contribution in [1.29, 1.82) is 0 Å². The van der Waals surface area contributed by atoms with E-state index in [2.05, 4.69) is 23.5 Å². The van der Waals surface area contributed by atoms with Crippen molar-refractivity contribution in [2.24, 2.45) is 11.8 Å². The Morgan fingerprint density at radius 3 is 2.67 bits per heavy atom. The molecule has 1 aromatic rings. The number of fused-ring (bicyclic) bond motifs is 2. The molecule has 1 nitrogen and oxygen atoms in total. The minimum Gasteiger partial charge on any atom is -0.316 e. The van der Waals surface area contributed by atoms with Gasteiger partial charge in [0.25, 0.3) is 0 Å². The average molecular weight is 199 g/mol. The van der Waals surface area contributed by atoms with Crippen molar-refractivity contribution in [1.82, 2.24) is 5.32 Å². The van der Waals surface area contributed by atoms with Gasteiger partial charge in [0.2, 0.25) is 0 Å². The largest absolute Gasteiger partial charge is 0.316 e. The summed E-state index contributed by atoms with van der Waals surface area (Å²) in [6, 6.07) is 7.29. The molecule has 3 aliphatic rings. The Hall–Kier alpha value is -0.820. The lowest BCUT2D eigenvalue weighted by molar-refractivity contribution is 0.684. The minimum atomic E-state index is 0.900. The fourth-order valence-electron chi connectivity index (χ4n) is 3.71. The van der Waals surface area contributed by atoms with E-state index in [1.54, 1.807) is 16.7 Å². The highest BCUT2D eigenvalue weighted by Gasteiger charge is 2.53. The maximum atomic E-state index is 3.47. The zero-order valence-corrected chi connectivity index (χ0v) is 9.00. The van der Waals surface area contributed by atoms with E-state index in [0.717, 1.165) is 17.8 Å². The van der Waals surface area contributed by atoms with E-state index in [9.17, 15) is 0 Å². The van der Waals surface area contributed by atoms with Crippen LogP contribution in [0.2, 0.25) is 0 Å². The molecule has 1 unspecified atom stereocenters. The van der Waals surface area contributed by atoms with E-state index in [1.807, 2.05) is 0 Å². The lowest BCUT2D eigenvalue weighted by Crippen LogP contribution is -2.14. The van der Waals surface area contributed by atoms with Crippen LogP contribution < -0.4 is 5.32 Å². The van der Waals surface area contributed by atoms with E-state index in [1.165, 1.54) is 32.4 Å². The maximum absolute atomic E-state index is 3.47. The standard InChI is InChI=1S/C14H17N/c1-2-9-4-5-11(6-10(9)3-1)14-12-7-15-8-13(12)14/h4-6,12-15H,1-3,7-8H2/t12-,13+,14?. The van der Waals surface area contributed by atoms with Gasteiger partial charge < -0.3 is 5.32 Å². The fourth-order valence-corrected chi connectivity index (χ4v) is 3.71. The van der Waals surface area contributed by atoms with Crippen molar-refractivity contribution in [2.45, 2.75) is 25.2 Å². The van der Waals surface area contributed by atoms with Crippen molar-refractivity contribution in [3.8, 4) is 0 Å². The monoisotopic (exact) mass is 199 g/mol. The SMILES string of the molecule is c1cc2c(cc1C1[C@H]3CNC[C@@H]13)CCC2. The molecule has 1 aliphatic heterocycles. The summed E-state index contributed by atoms with van der Waals surface area (Å²) in [5.41, 5.74) is 4.89. The molecule has 0 amide bonds. The van der Waals surface area contributed by atoms with E-state index in [0.29, 0.717) is 0 Å². The van der Waals surface area contributed by atoms with Gasteiger partial charge in [-0.15, -0.1) is 0 Å². The summed E-state index contributed by atoms with van der Waals surface area (Å²) < 4.78 is 0. The number of rotatable bonds is 1. The third kappa shape index (κ3) is 1.13. The highest BCUT2D eigenvalue weighted by molar-refractivity contribution is 5.40. The van der Waals surface area contributed by atoms with Crippen LogP contribution >= 0.6 is 0 Å². The summed E-state index contributed by atoms with van der Waals surface area (Å²) in [4.78, 5) is 0. The van der Waals surface area contributed by atoms with Crippen LogP contribution in [0.4, 0.5) is 0 Å². The zero-order valence-electron chi connectivity index (χ0n) is 9.00. The summed E-state index contributed by atoms with van der Waals surface area (Å²) in [6.07, 6.45) is 4.01. The second-order valence-electron chi connectivity index (χ2n) is 5.39. The van der Waals surface area contributed by atoms with E-state index in [4.69, 9.17) is 0 Å². The summed E-state index contributed by atoms with van der Waals surface area (Å²) in [5.74, 6) is 2.83. The quantitative estimate of drug-likeness (QED) is 0.730. The highest BCUT2D eigenvalue weighted by Crippen LogP contribution is 2.56. The molecule has 78 valence electrons. The Labute approximate surface area is 90.9 Å². The molecular weight excluding hydrogens is 182 g/mol. The number of aryl methyl sites for hydroxylation is 2. The summed E-state index contributed by atoms with van der Waals surface area (Å²) in [7, 11) is 0. The molecular formula is C14H17N. The molecule has 0 radical (unpaired) electrons. The lowest BCUT2D eigenvalue weighted by atomic mass is 10.0. The van der Waals surface area contributed by atoms with E-state index >= 15 is 0 Å². The van der Waals surface area contributed by atoms with Crippen molar-refractivity contribution < 1.29 is 0 Å². The van der Waals surface area contributed by atoms with Gasteiger partial charge in [-0.3, -0.25) is 0 Å². The molecule has 1 N–H and O–H groups in total. The first-order valence-corrected chi connectivity index (χ1v) is 6.26. The van der Waals surface area contributed by atoms with Gasteiger partial charge in [-0.2, -0.15) is 0 Å². The number of hydrogen-bond acceptors (Lipinski definition) is 1. The molecule has 1 saturated carbocycles. The van der Waals surface area contributed by atoms with Crippen LogP contribution in [0.25, 0.3) is 0 Å². The maximum Gasteiger partial charge on any atom is -0.00111 e. The average Bonchev–Trinajstić information content (AvgIpc) is 2.73. The molecule has 0 aromatic heterocycles. The zero-order chi connectivity index (χ0) is 9.83. The molecule has 15 heavy (non-hydrogen) atoms. The van der Waals surface area contributed by atoms with E-state index < -0.39 is 0 Å². The molecule has 0 spiro atoms. The van der Waals surface area contributed by atoms with Gasteiger partial charge >= 0.3 is 0 Å². The Morgan fingerprint density at radius 2 is 1.80 bits per heavy atom. The second-order valence-corrected chi connectivity index (χ2v) is 5.39. The number of benzene rings is 1. The van der Waals surface area contributed by atoms with Gasteiger partial charge in [0.1, 0.15) is 0 Å². The first-order valence-electron chi connectivity index (χ1n) is 6.26. The Morgan fingerprint density at radius 1 is 1.00 bits per heavy atom. The Kier molecular flexibility index (Phi) is 1.59. The first-order chi connectivity index (χ1) is 7.43. The Balaban J connectivity index is 1.67.